The third-order valence-electron chi connectivity index (χ3n) is 4.85. The van der Waals surface area contributed by atoms with Gasteiger partial charge in [-0.2, -0.15) is 0 Å². The summed E-state index contributed by atoms with van der Waals surface area (Å²) in [6, 6.07) is 17.5. The maximum atomic E-state index is 12.6. The average Bonchev–Trinajstić information content (AvgIpc) is 2.69. The predicted octanol–water partition coefficient (Wildman–Crippen LogP) is 2.80. The van der Waals surface area contributed by atoms with Crippen molar-refractivity contribution in [3.05, 3.63) is 60.2 Å². The van der Waals surface area contributed by atoms with E-state index in [1.54, 1.807) is 0 Å². The van der Waals surface area contributed by atoms with Crippen molar-refractivity contribution in [1.82, 2.24) is 15.1 Å². The largest absolute Gasteiger partial charge is 0.355 e. The summed E-state index contributed by atoms with van der Waals surface area (Å²) >= 11 is 0. The Kier molecular flexibility index (Phi) is 6.63. The number of carbonyl (C=O) groups is 1. The Morgan fingerprint density at radius 2 is 1.58 bits per heavy atom. The van der Waals surface area contributed by atoms with Gasteiger partial charge >= 0.3 is 0 Å². The van der Waals surface area contributed by atoms with E-state index in [9.17, 15) is 4.79 Å². The monoisotopic (exact) mass is 352 g/mol. The Balaban J connectivity index is 1.52. The number of anilines is 2. The molecule has 0 spiro atoms. The fourth-order valence-electron chi connectivity index (χ4n) is 3.22. The molecule has 1 fully saturated rings. The molecule has 3 rings (SSSR count). The van der Waals surface area contributed by atoms with Crippen molar-refractivity contribution < 1.29 is 4.79 Å². The smallest absolute Gasteiger partial charge is 0.253 e. The summed E-state index contributed by atoms with van der Waals surface area (Å²) in [6.45, 7) is 9.29. The summed E-state index contributed by atoms with van der Waals surface area (Å²) in [7, 11) is 0. The molecule has 2 aromatic rings. The van der Waals surface area contributed by atoms with Crippen molar-refractivity contribution in [3.8, 4) is 0 Å². The van der Waals surface area contributed by atoms with Crippen LogP contribution in [0.3, 0.4) is 0 Å². The topological polar surface area (TPSA) is 47.6 Å². The van der Waals surface area contributed by atoms with Crippen LogP contribution in [0.2, 0.25) is 0 Å². The maximum absolute atomic E-state index is 12.6. The van der Waals surface area contributed by atoms with Crippen LogP contribution in [0.4, 0.5) is 11.4 Å². The Hall–Kier alpha value is -2.37. The van der Waals surface area contributed by atoms with Crippen LogP contribution >= 0.6 is 0 Å². The molecule has 0 bridgehead atoms. The summed E-state index contributed by atoms with van der Waals surface area (Å²) in [5, 5.41) is 6.39. The van der Waals surface area contributed by atoms with Gasteiger partial charge in [-0.25, -0.2) is 0 Å². The van der Waals surface area contributed by atoms with Gasteiger partial charge < -0.3 is 15.5 Å². The van der Waals surface area contributed by atoms with Gasteiger partial charge in [0.05, 0.1) is 11.3 Å². The molecule has 26 heavy (non-hydrogen) atoms. The van der Waals surface area contributed by atoms with Crippen LogP contribution in [0.25, 0.3) is 0 Å². The van der Waals surface area contributed by atoms with Gasteiger partial charge in [-0.15, -0.1) is 0 Å². The highest BCUT2D eigenvalue weighted by Gasteiger charge is 2.16. The van der Waals surface area contributed by atoms with Gasteiger partial charge in [-0.05, 0) is 30.8 Å². The molecule has 1 aliphatic heterocycles. The molecule has 0 aromatic heterocycles. The van der Waals surface area contributed by atoms with E-state index in [1.165, 1.54) is 0 Å². The van der Waals surface area contributed by atoms with E-state index in [0.29, 0.717) is 12.1 Å². The Morgan fingerprint density at radius 1 is 0.923 bits per heavy atom. The molecule has 0 unspecified atom stereocenters. The number of carbonyl (C=O) groups excluding carboxylic acids is 1. The third-order valence-corrected chi connectivity index (χ3v) is 4.85. The first-order chi connectivity index (χ1) is 12.8. The van der Waals surface area contributed by atoms with Gasteiger partial charge in [-0.1, -0.05) is 37.3 Å². The molecular weight excluding hydrogens is 324 g/mol. The Bertz CT molecular complexity index is 696. The fraction of sp³-hybridized carbons (Fsp3) is 0.381. The molecule has 5 nitrogen and oxygen atoms in total. The van der Waals surface area contributed by atoms with E-state index >= 15 is 0 Å². The number of piperazine rings is 1. The Labute approximate surface area is 156 Å². The van der Waals surface area contributed by atoms with E-state index in [0.717, 1.165) is 50.6 Å². The molecule has 0 atom stereocenters. The zero-order valence-electron chi connectivity index (χ0n) is 15.4. The highest BCUT2D eigenvalue weighted by Crippen LogP contribution is 2.20. The van der Waals surface area contributed by atoms with E-state index in [2.05, 4.69) is 27.4 Å². The second-order valence-corrected chi connectivity index (χ2v) is 6.57. The average molecular weight is 352 g/mol. The lowest BCUT2D eigenvalue weighted by molar-refractivity contribution is 0.0938. The van der Waals surface area contributed by atoms with E-state index in [1.807, 2.05) is 54.6 Å². The van der Waals surface area contributed by atoms with Crippen LogP contribution in [0, 0.1) is 0 Å². The second kappa shape index (κ2) is 9.36. The molecule has 2 N–H and O–H groups in total. The van der Waals surface area contributed by atoms with Crippen molar-refractivity contribution in [2.45, 2.75) is 6.92 Å². The van der Waals surface area contributed by atoms with Crippen molar-refractivity contribution in [2.75, 3.05) is 51.1 Å². The highest BCUT2D eigenvalue weighted by atomic mass is 16.1. The summed E-state index contributed by atoms with van der Waals surface area (Å²) < 4.78 is 0. The summed E-state index contributed by atoms with van der Waals surface area (Å²) in [5.74, 6) is -0.0313. The number of hydrogen-bond donors (Lipinski definition) is 2. The van der Waals surface area contributed by atoms with E-state index in [4.69, 9.17) is 0 Å². The molecule has 1 heterocycles. The zero-order chi connectivity index (χ0) is 18.2. The predicted molar refractivity (Wildman–Crippen MR) is 107 cm³/mol. The van der Waals surface area contributed by atoms with Crippen molar-refractivity contribution in [3.63, 3.8) is 0 Å². The number of nitrogens with zero attached hydrogens (tertiary/aromatic N) is 2. The van der Waals surface area contributed by atoms with Crippen LogP contribution in [-0.2, 0) is 0 Å². The molecule has 1 amide bonds. The van der Waals surface area contributed by atoms with Crippen LogP contribution in [0.15, 0.2) is 54.6 Å². The van der Waals surface area contributed by atoms with Gasteiger partial charge in [0.2, 0.25) is 0 Å². The van der Waals surface area contributed by atoms with Crippen molar-refractivity contribution in [2.24, 2.45) is 0 Å². The first-order valence-electron chi connectivity index (χ1n) is 9.40. The molecule has 2 aromatic carbocycles. The zero-order valence-corrected chi connectivity index (χ0v) is 15.4. The molecule has 138 valence electrons. The lowest BCUT2D eigenvalue weighted by atomic mass is 10.1. The molecular formula is C21H28N4O. The van der Waals surface area contributed by atoms with Crippen LogP contribution in [-0.4, -0.2) is 61.5 Å². The number of benzene rings is 2. The maximum Gasteiger partial charge on any atom is 0.253 e. The summed E-state index contributed by atoms with van der Waals surface area (Å²) in [4.78, 5) is 17.5. The van der Waals surface area contributed by atoms with Crippen molar-refractivity contribution in [1.29, 1.82) is 0 Å². The van der Waals surface area contributed by atoms with Gasteiger partial charge in [0, 0.05) is 45.0 Å². The standard InChI is InChI=1S/C21H28N4O/c1-2-24-14-16-25(17-15-24)13-12-22-21(26)19-10-6-7-11-20(19)23-18-8-4-3-5-9-18/h3-11,23H,2,12-17H2,1H3,(H,22,26). The number of rotatable bonds is 7. The lowest BCUT2D eigenvalue weighted by Crippen LogP contribution is -2.48. The van der Waals surface area contributed by atoms with Gasteiger partial charge in [0.1, 0.15) is 0 Å². The number of amides is 1. The van der Waals surface area contributed by atoms with E-state index in [-0.39, 0.29) is 5.91 Å². The third kappa shape index (κ3) is 5.07. The minimum Gasteiger partial charge on any atom is -0.355 e. The SMILES string of the molecule is CCN1CCN(CCNC(=O)c2ccccc2Nc2ccccc2)CC1. The van der Waals surface area contributed by atoms with Crippen molar-refractivity contribution >= 4 is 17.3 Å². The van der Waals surface area contributed by atoms with Crippen LogP contribution < -0.4 is 10.6 Å². The minimum atomic E-state index is -0.0313. The summed E-state index contributed by atoms with van der Waals surface area (Å²) in [6.07, 6.45) is 0. The Morgan fingerprint density at radius 3 is 2.31 bits per heavy atom. The molecule has 1 saturated heterocycles. The first-order valence-corrected chi connectivity index (χ1v) is 9.40. The lowest BCUT2D eigenvalue weighted by Gasteiger charge is -2.33. The number of nitrogens with one attached hydrogen (secondary N) is 2. The number of likely N-dealkylation sites (N-methyl/N-ethyl adjacent to an activating group) is 1. The number of para-hydroxylation sites is 2. The molecule has 0 aliphatic carbocycles. The number of hydrogen-bond acceptors (Lipinski definition) is 4. The molecule has 0 radical (unpaired) electrons. The molecule has 1 aliphatic rings. The minimum absolute atomic E-state index is 0.0313. The first kappa shape index (κ1) is 18.4. The second-order valence-electron chi connectivity index (χ2n) is 6.57. The van der Waals surface area contributed by atoms with E-state index < -0.39 is 0 Å². The quantitative estimate of drug-likeness (QED) is 0.804. The summed E-state index contributed by atoms with van der Waals surface area (Å²) in [5.41, 5.74) is 2.47. The normalized spacial score (nSPS) is 15.6. The van der Waals surface area contributed by atoms with Gasteiger partial charge in [-0.3, -0.25) is 9.69 Å². The van der Waals surface area contributed by atoms with Gasteiger partial charge in [0.15, 0.2) is 0 Å². The fourth-order valence-corrected chi connectivity index (χ4v) is 3.22. The molecule has 0 saturated carbocycles. The van der Waals surface area contributed by atoms with Crippen LogP contribution in [0.5, 0.6) is 0 Å². The van der Waals surface area contributed by atoms with Gasteiger partial charge in [0.25, 0.3) is 5.91 Å². The molecule has 5 heteroatoms. The van der Waals surface area contributed by atoms with Crippen LogP contribution in [0.1, 0.15) is 17.3 Å². The highest BCUT2D eigenvalue weighted by molar-refractivity contribution is 6.00.